The van der Waals surface area contributed by atoms with Crippen LogP contribution in [0.1, 0.15) is 17.0 Å². The number of ether oxygens (including phenoxy) is 1. The summed E-state index contributed by atoms with van der Waals surface area (Å²) in [5, 5.41) is 27.2. The number of amides is 1. The third-order valence-electron chi connectivity index (χ3n) is 7.07. The molecule has 4 aromatic rings. The topological polar surface area (TPSA) is 140 Å². The molecular weight excluding hydrogens is 562 g/mol. The second-order valence-electron chi connectivity index (χ2n) is 10.2. The number of carboxylic acid groups (broad SMARTS) is 2. The van der Waals surface area contributed by atoms with Gasteiger partial charge in [-0.1, -0.05) is 66.7 Å². The lowest BCUT2D eigenvalue weighted by molar-refractivity contribution is -0.134. The van der Waals surface area contributed by atoms with Crippen LogP contribution in [0.2, 0.25) is 0 Å². The van der Waals surface area contributed by atoms with Crippen molar-refractivity contribution in [3.63, 3.8) is 0 Å². The van der Waals surface area contributed by atoms with Crippen LogP contribution in [0.5, 0.6) is 5.75 Å². The molecule has 0 bridgehead atoms. The van der Waals surface area contributed by atoms with Gasteiger partial charge in [0.15, 0.2) is 0 Å². The summed E-state index contributed by atoms with van der Waals surface area (Å²) in [7, 11) is 0. The van der Waals surface area contributed by atoms with E-state index in [-0.39, 0.29) is 18.4 Å². The number of carbonyl (C=O) groups excluding carboxylic acids is 1. The highest BCUT2D eigenvalue weighted by atomic mass is 16.5. The van der Waals surface area contributed by atoms with Gasteiger partial charge in [-0.3, -0.25) is 14.7 Å². The Hall–Kier alpha value is -5.06. The largest absolute Gasteiger partial charge is 0.490 e. The predicted molar refractivity (Wildman–Crippen MR) is 165 cm³/mol. The summed E-state index contributed by atoms with van der Waals surface area (Å²) in [6.45, 7) is 3.42. The van der Waals surface area contributed by atoms with Crippen LogP contribution < -0.4 is 4.74 Å². The minimum atomic E-state index is -1.26. The van der Waals surface area contributed by atoms with Crippen molar-refractivity contribution in [3.8, 4) is 5.75 Å². The maximum atomic E-state index is 13.6. The summed E-state index contributed by atoms with van der Waals surface area (Å²) < 4.78 is 5.93. The number of carbonyl (C=O) groups is 3. The lowest BCUT2D eigenvalue weighted by Crippen LogP contribution is -2.52. The van der Waals surface area contributed by atoms with Crippen molar-refractivity contribution < 1.29 is 34.4 Å². The number of rotatable bonds is 10. The molecule has 2 heterocycles. The Balaban J connectivity index is 0.000000488. The minimum Gasteiger partial charge on any atom is -0.490 e. The maximum absolute atomic E-state index is 13.6. The van der Waals surface area contributed by atoms with Crippen molar-refractivity contribution in [2.45, 2.75) is 12.0 Å². The van der Waals surface area contributed by atoms with Crippen molar-refractivity contribution >= 4 is 28.7 Å². The number of hydrogen-bond acceptors (Lipinski definition) is 7. The predicted octanol–water partition coefficient (Wildman–Crippen LogP) is 3.66. The van der Waals surface area contributed by atoms with Gasteiger partial charge < -0.3 is 25.0 Å². The average molecular weight is 598 g/mol. The van der Waals surface area contributed by atoms with Gasteiger partial charge in [0.25, 0.3) is 0 Å². The molecule has 0 spiro atoms. The summed E-state index contributed by atoms with van der Waals surface area (Å²) in [5.74, 6) is -1.98. The molecule has 5 rings (SSSR count). The number of aromatic nitrogens is 1. The number of benzene rings is 3. The van der Waals surface area contributed by atoms with E-state index >= 15 is 0 Å². The summed E-state index contributed by atoms with van der Waals surface area (Å²) in [6, 6.07) is 29.6. The van der Waals surface area contributed by atoms with E-state index in [1.807, 2.05) is 95.9 Å². The van der Waals surface area contributed by atoms with Crippen LogP contribution in [0.4, 0.5) is 0 Å². The van der Waals surface area contributed by atoms with E-state index in [1.54, 1.807) is 6.20 Å². The van der Waals surface area contributed by atoms with Crippen LogP contribution >= 0.6 is 0 Å². The Morgan fingerprint density at radius 1 is 0.773 bits per heavy atom. The number of aliphatic hydroxyl groups excluding tert-OH is 1. The van der Waals surface area contributed by atoms with E-state index in [9.17, 15) is 19.5 Å². The SMILES string of the molecule is O=C(C(c1ccccc1)c1ccccc1)N1CCN(CC(O)COc2cccc3ncccc23)CC1.O=C(O)C=CC(=O)O. The first-order valence-corrected chi connectivity index (χ1v) is 14.2. The number of aliphatic hydroxyl groups is 1. The molecule has 10 nitrogen and oxygen atoms in total. The first-order valence-electron chi connectivity index (χ1n) is 14.2. The normalized spacial score (nSPS) is 14.2. The Morgan fingerprint density at radius 2 is 1.36 bits per heavy atom. The molecule has 3 aromatic carbocycles. The molecule has 1 aliphatic rings. The molecule has 1 saturated heterocycles. The average Bonchev–Trinajstić information content (AvgIpc) is 3.04. The smallest absolute Gasteiger partial charge is 0.328 e. The van der Waals surface area contributed by atoms with Crippen LogP contribution in [-0.2, 0) is 14.4 Å². The molecule has 1 aliphatic heterocycles. The zero-order chi connectivity index (χ0) is 31.3. The summed E-state index contributed by atoms with van der Waals surface area (Å²) in [5.41, 5.74) is 2.88. The Labute approximate surface area is 255 Å². The number of piperazine rings is 1. The van der Waals surface area contributed by atoms with Crippen molar-refractivity contribution in [1.82, 2.24) is 14.8 Å². The highest BCUT2D eigenvalue weighted by Crippen LogP contribution is 2.27. The summed E-state index contributed by atoms with van der Waals surface area (Å²) in [6.07, 6.45) is 2.25. The molecule has 10 heteroatoms. The molecule has 0 aliphatic carbocycles. The van der Waals surface area contributed by atoms with Gasteiger partial charge in [-0.25, -0.2) is 9.59 Å². The molecule has 1 unspecified atom stereocenters. The molecule has 1 amide bonds. The number of fused-ring (bicyclic) bond motifs is 1. The van der Waals surface area contributed by atoms with Crippen molar-refractivity contribution in [3.05, 3.63) is 120 Å². The molecule has 1 fully saturated rings. The van der Waals surface area contributed by atoms with E-state index in [4.69, 9.17) is 14.9 Å². The van der Waals surface area contributed by atoms with Crippen LogP contribution in [0, 0.1) is 0 Å². The fourth-order valence-corrected chi connectivity index (χ4v) is 4.98. The Morgan fingerprint density at radius 3 is 1.93 bits per heavy atom. The minimum absolute atomic E-state index is 0.125. The van der Waals surface area contributed by atoms with Gasteiger partial charge in [0.1, 0.15) is 18.5 Å². The lowest BCUT2D eigenvalue weighted by atomic mass is 9.90. The molecule has 44 heavy (non-hydrogen) atoms. The second-order valence-corrected chi connectivity index (χ2v) is 10.2. The first-order chi connectivity index (χ1) is 21.3. The zero-order valence-corrected chi connectivity index (χ0v) is 24.1. The molecule has 228 valence electrons. The van der Waals surface area contributed by atoms with Gasteiger partial charge in [0.05, 0.1) is 11.4 Å². The fourth-order valence-electron chi connectivity index (χ4n) is 4.98. The number of aliphatic carboxylic acids is 2. The van der Waals surface area contributed by atoms with Crippen molar-refractivity contribution in [1.29, 1.82) is 0 Å². The van der Waals surface area contributed by atoms with Gasteiger partial charge in [-0.15, -0.1) is 0 Å². The Kier molecular flexibility index (Phi) is 11.6. The number of pyridine rings is 1. The summed E-state index contributed by atoms with van der Waals surface area (Å²) >= 11 is 0. The summed E-state index contributed by atoms with van der Waals surface area (Å²) in [4.78, 5) is 41.2. The van der Waals surface area contributed by atoms with Crippen LogP contribution in [0.15, 0.2) is 109 Å². The molecule has 0 radical (unpaired) electrons. The first kappa shape index (κ1) is 31.9. The Bertz CT molecular complexity index is 1490. The standard InChI is InChI=1S/C30H31N3O3.C4H4O4/c34-25(22-36-28-15-7-14-27-26(28)13-8-16-31-27)21-32-17-19-33(20-18-32)30(35)29(23-9-3-1-4-10-23)24-11-5-2-6-12-24;5-3(6)1-2-4(7)8/h1-16,25,29,34H,17-22H2;1-2H,(H,5,6)(H,7,8). The number of β-amino-alcohol motifs (C(OH)–C–C–N with tert-alkyl or cyclic N) is 1. The number of carboxylic acids is 2. The zero-order valence-electron chi connectivity index (χ0n) is 24.1. The van der Waals surface area contributed by atoms with Crippen molar-refractivity contribution in [2.24, 2.45) is 0 Å². The molecule has 3 N–H and O–H groups in total. The van der Waals surface area contributed by atoms with Crippen LogP contribution in [0.3, 0.4) is 0 Å². The third kappa shape index (κ3) is 9.22. The highest BCUT2D eigenvalue weighted by Gasteiger charge is 2.30. The quantitative estimate of drug-likeness (QED) is 0.234. The monoisotopic (exact) mass is 597 g/mol. The highest BCUT2D eigenvalue weighted by molar-refractivity contribution is 5.89. The van der Waals surface area contributed by atoms with Gasteiger partial charge in [-0.2, -0.15) is 0 Å². The molecular formula is C34H35N3O7. The van der Waals surface area contributed by atoms with E-state index in [1.165, 1.54) is 0 Å². The number of hydrogen-bond donors (Lipinski definition) is 3. The molecule has 0 saturated carbocycles. The van der Waals surface area contributed by atoms with Crippen molar-refractivity contribution in [2.75, 3.05) is 39.3 Å². The lowest BCUT2D eigenvalue weighted by Gasteiger charge is -2.37. The second kappa shape index (κ2) is 16.0. The maximum Gasteiger partial charge on any atom is 0.328 e. The van der Waals surface area contributed by atoms with Gasteiger partial charge in [0, 0.05) is 56.5 Å². The van der Waals surface area contributed by atoms with Crippen LogP contribution in [-0.4, -0.2) is 93.4 Å². The van der Waals surface area contributed by atoms with E-state index < -0.39 is 18.0 Å². The van der Waals surface area contributed by atoms with Crippen LogP contribution in [0.25, 0.3) is 10.9 Å². The van der Waals surface area contributed by atoms with Gasteiger partial charge in [-0.05, 0) is 35.4 Å². The molecule has 1 aromatic heterocycles. The van der Waals surface area contributed by atoms with E-state index in [0.29, 0.717) is 31.8 Å². The van der Waals surface area contributed by atoms with Gasteiger partial charge in [0.2, 0.25) is 5.91 Å². The van der Waals surface area contributed by atoms with E-state index in [0.717, 1.165) is 40.9 Å². The van der Waals surface area contributed by atoms with E-state index in [2.05, 4.69) is 9.88 Å². The fraction of sp³-hybridized carbons (Fsp3) is 0.235. The molecule has 1 atom stereocenters. The van der Waals surface area contributed by atoms with Gasteiger partial charge >= 0.3 is 11.9 Å². The number of nitrogens with zero attached hydrogens (tertiary/aromatic N) is 3. The third-order valence-corrected chi connectivity index (χ3v) is 7.07.